The number of rotatable bonds is 4. The fourth-order valence-electron chi connectivity index (χ4n) is 1.49. The molecular weight excluding hydrogens is 202 g/mol. The van der Waals surface area contributed by atoms with Crippen LogP contribution in [-0.2, 0) is 0 Å². The van der Waals surface area contributed by atoms with Crippen LogP contribution in [0.25, 0.3) is 0 Å². The number of hydrogen-bond acceptors (Lipinski definition) is 3. The maximum Gasteiger partial charge on any atom is 0.141 e. The molecule has 3 nitrogen and oxygen atoms in total. The summed E-state index contributed by atoms with van der Waals surface area (Å²) in [6, 6.07) is 7.73. The highest BCUT2D eigenvalue weighted by Crippen LogP contribution is 2.28. The number of benzene rings is 1. The van der Waals surface area contributed by atoms with Gasteiger partial charge in [0, 0.05) is 0 Å². The van der Waals surface area contributed by atoms with Crippen LogP contribution in [0.5, 0.6) is 5.75 Å². The summed E-state index contributed by atoms with van der Waals surface area (Å²) in [5.74, 6) is 0.796. The molecule has 1 aromatic rings. The molecule has 0 fully saturated rings. The van der Waals surface area contributed by atoms with Crippen LogP contribution in [0.4, 0.5) is 5.69 Å². The minimum absolute atomic E-state index is 0.00352. The van der Waals surface area contributed by atoms with Gasteiger partial charge in [-0.2, -0.15) is 0 Å². The van der Waals surface area contributed by atoms with E-state index in [0.29, 0.717) is 0 Å². The van der Waals surface area contributed by atoms with E-state index in [1.807, 2.05) is 24.3 Å². The van der Waals surface area contributed by atoms with Crippen molar-refractivity contribution in [3.63, 3.8) is 0 Å². The first-order chi connectivity index (χ1) is 7.49. The molecule has 0 aliphatic carbocycles. The zero-order valence-electron chi connectivity index (χ0n) is 10.4. The number of anilines is 1. The summed E-state index contributed by atoms with van der Waals surface area (Å²) in [5.41, 5.74) is 0.911. The Kier molecular flexibility index (Phi) is 4.19. The fourth-order valence-corrected chi connectivity index (χ4v) is 1.49. The van der Waals surface area contributed by atoms with Gasteiger partial charge in [-0.05, 0) is 17.5 Å². The van der Waals surface area contributed by atoms with Crippen molar-refractivity contribution in [1.82, 2.24) is 0 Å². The third-order valence-corrected chi connectivity index (χ3v) is 2.66. The van der Waals surface area contributed by atoms with E-state index in [4.69, 9.17) is 4.74 Å². The van der Waals surface area contributed by atoms with Crippen molar-refractivity contribution in [1.29, 1.82) is 0 Å². The molecule has 0 amide bonds. The van der Waals surface area contributed by atoms with Crippen molar-refractivity contribution in [3.8, 4) is 5.75 Å². The number of nitrogens with one attached hydrogen (secondary N) is 1. The third-order valence-electron chi connectivity index (χ3n) is 2.66. The van der Waals surface area contributed by atoms with E-state index in [0.717, 1.165) is 11.4 Å². The number of ether oxygens (including phenoxy) is 1. The van der Waals surface area contributed by atoms with Crippen LogP contribution in [-0.4, -0.2) is 24.9 Å². The lowest BCUT2D eigenvalue weighted by atomic mass is 9.87. The van der Waals surface area contributed by atoms with Crippen LogP contribution < -0.4 is 10.1 Å². The minimum Gasteiger partial charge on any atom is -0.495 e. The van der Waals surface area contributed by atoms with Gasteiger partial charge in [0.25, 0.3) is 0 Å². The Morgan fingerprint density at radius 1 is 1.31 bits per heavy atom. The van der Waals surface area contributed by atoms with Crippen LogP contribution in [0, 0.1) is 5.41 Å². The van der Waals surface area contributed by atoms with E-state index in [9.17, 15) is 5.11 Å². The van der Waals surface area contributed by atoms with Gasteiger partial charge < -0.3 is 15.2 Å². The number of aliphatic hydroxyl groups is 1. The predicted molar refractivity (Wildman–Crippen MR) is 66.9 cm³/mol. The van der Waals surface area contributed by atoms with Gasteiger partial charge >= 0.3 is 0 Å². The summed E-state index contributed by atoms with van der Waals surface area (Å²) in [6.45, 7) is 6.38. The van der Waals surface area contributed by atoms with Gasteiger partial charge in [0.15, 0.2) is 0 Å². The molecular formula is C13H21NO2. The van der Waals surface area contributed by atoms with E-state index >= 15 is 0 Å². The van der Waals surface area contributed by atoms with Crippen LogP contribution in [0.3, 0.4) is 0 Å². The number of aliphatic hydroxyl groups excluding tert-OH is 1. The second-order valence-electron chi connectivity index (χ2n) is 4.95. The highest BCUT2D eigenvalue weighted by Gasteiger charge is 2.24. The Balaban J connectivity index is 2.86. The lowest BCUT2D eigenvalue weighted by molar-refractivity contribution is 0.201. The van der Waals surface area contributed by atoms with Crippen molar-refractivity contribution in [2.45, 2.75) is 26.8 Å². The van der Waals surface area contributed by atoms with Gasteiger partial charge in [0.2, 0.25) is 0 Å². The fraction of sp³-hybridized carbons (Fsp3) is 0.538. The number of para-hydroxylation sites is 2. The molecule has 0 aromatic heterocycles. The van der Waals surface area contributed by atoms with Crippen LogP contribution >= 0.6 is 0 Å². The first kappa shape index (κ1) is 12.8. The van der Waals surface area contributed by atoms with Crippen molar-refractivity contribution in [2.24, 2.45) is 5.41 Å². The maximum absolute atomic E-state index is 9.38. The van der Waals surface area contributed by atoms with Gasteiger partial charge in [0.1, 0.15) is 5.75 Å². The van der Waals surface area contributed by atoms with Crippen LogP contribution in [0.1, 0.15) is 20.8 Å². The SMILES string of the molecule is COc1ccccc1NC(CO)C(C)(C)C. The Hall–Kier alpha value is -1.22. The quantitative estimate of drug-likeness (QED) is 0.824. The second kappa shape index (κ2) is 5.21. The van der Waals surface area contributed by atoms with E-state index < -0.39 is 0 Å². The summed E-state index contributed by atoms with van der Waals surface area (Å²) < 4.78 is 5.26. The lowest BCUT2D eigenvalue weighted by Crippen LogP contribution is -2.37. The summed E-state index contributed by atoms with van der Waals surface area (Å²) in [6.07, 6.45) is 0. The smallest absolute Gasteiger partial charge is 0.141 e. The average molecular weight is 223 g/mol. The molecule has 0 aliphatic heterocycles. The van der Waals surface area contributed by atoms with Gasteiger partial charge in [0.05, 0.1) is 25.4 Å². The first-order valence-corrected chi connectivity index (χ1v) is 5.49. The molecule has 2 N–H and O–H groups in total. The van der Waals surface area contributed by atoms with Gasteiger partial charge in [-0.1, -0.05) is 32.9 Å². The Morgan fingerprint density at radius 2 is 1.94 bits per heavy atom. The van der Waals surface area contributed by atoms with E-state index in [1.54, 1.807) is 7.11 Å². The summed E-state index contributed by atoms with van der Waals surface area (Å²) in [5, 5.41) is 12.7. The van der Waals surface area contributed by atoms with Crippen molar-refractivity contribution >= 4 is 5.69 Å². The first-order valence-electron chi connectivity index (χ1n) is 5.49. The topological polar surface area (TPSA) is 41.5 Å². The molecule has 0 spiro atoms. The van der Waals surface area contributed by atoms with Crippen LogP contribution in [0.15, 0.2) is 24.3 Å². The molecule has 1 unspecified atom stereocenters. The molecule has 0 bridgehead atoms. The third kappa shape index (κ3) is 3.14. The van der Waals surface area contributed by atoms with E-state index in [2.05, 4.69) is 26.1 Å². The Labute approximate surface area is 97.4 Å². The van der Waals surface area contributed by atoms with Crippen LogP contribution in [0.2, 0.25) is 0 Å². The standard InChI is InChI=1S/C13H21NO2/c1-13(2,3)12(9-15)14-10-7-5-6-8-11(10)16-4/h5-8,12,14-15H,9H2,1-4H3. The Bertz CT molecular complexity index is 331. The second-order valence-corrected chi connectivity index (χ2v) is 4.95. The van der Waals surface area contributed by atoms with Gasteiger partial charge in [-0.3, -0.25) is 0 Å². The highest BCUT2D eigenvalue weighted by atomic mass is 16.5. The lowest BCUT2D eigenvalue weighted by Gasteiger charge is -2.31. The molecule has 1 aromatic carbocycles. The minimum atomic E-state index is -0.00436. The Morgan fingerprint density at radius 3 is 2.44 bits per heavy atom. The molecule has 0 saturated carbocycles. The summed E-state index contributed by atoms with van der Waals surface area (Å²) in [7, 11) is 1.64. The molecule has 0 saturated heterocycles. The molecule has 16 heavy (non-hydrogen) atoms. The molecule has 3 heteroatoms. The summed E-state index contributed by atoms with van der Waals surface area (Å²) >= 11 is 0. The summed E-state index contributed by atoms with van der Waals surface area (Å²) in [4.78, 5) is 0. The predicted octanol–water partition coefficient (Wildman–Crippen LogP) is 2.51. The highest BCUT2D eigenvalue weighted by molar-refractivity contribution is 5.56. The molecule has 0 heterocycles. The zero-order chi connectivity index (χ0) is 12.2. The number of hydrogen-bond donors (Lipinski definition) is 2. The van der Waals surface area contributed by atoms with Crippen molar-refractivity contribution in [3.05, 3.63) is 24.3 Å². The average Bonchev–Trinajstić information content (AvgIpc) is 2.24. The van der Waals surface area contributed by atoms with Crippen molar-refractivity contribution in [2.75, 3.05) is 19.0 Å². The van der Waals surface area contributed by atoms with Crippen molar-refractivity contribution < 1.29 is 9.84 Å². The number of methoxy groups -OCH3 is 1. The van der Waals surface area contributed by atoms with Gasteiger partial charge in [-0.25, -0.2) is 0 Å². The van der Waals surface area contributed by atoms with E-state index in [1.165, 1.54) is 0 Å². The largest absolute Gasteiger partial charge is 0.495 e. The molecule has 1 atom stereocenters. The monoisotopic (exact) mass is 223 g/mol. The molecule has 0 radical (unpaired) electrons. The zero-order valence-corrected chi connectivity index (χ0v) is 10.4. The molecule has 90 valence electrons. The van der Waals surface area contributed by atoms with Gasteiger partial charge in [-0.15, -0.1) is 0 Å². The normalized spacial score (nSPS) is 13.3. The molecule has 1 rings (SSSR count). The maximum atomic E-state index is 9.38. The van der Waals surface area contributed by atoms with E-state index in [-0.39, 0.29) is 18.1 Å². The molecule has 0 aliphatic rings.